The predicted molar refractivity (Wildman–Crippen MR) is 87.9 cm³/mol. The lowest BCUT2D eigenvalue weighted by Gasteiger charge is -2.42. The number of nitrogens with one attached hydrogen (secondary N) is 1. The Bertz CT molecular complexity index is 636. The van der Waals surface area contributed by atoms with Crippen molar-refractivity contribution in [2.45, 2.75) is 25.4 Å². The molecule has 0 atom stereocenters. The Labute approximate surface area is 135 Å². The summed E-state index contributed by atoms with van der Waals surface area (Å²) in [4.78, 5) is 18.2. The van der Waals surface area contributed by atoms with Crippen LogP contribution in [0.25, 0.3) is 0 Å². The van der Waals surface area contributed by atoms with E-state index in [1.807, 2.05) is 18.2 Å². The number of nitrogens with zero attached hydrogens (tertiary/aromatic N) is 2. The zero-order valence-corrected chi connectivity index (χ0v) is 13.5. The summed E-state index contributed by atoms with van der Waals surface area (Å²) in [6, 6.07) is 5.76. The zero-order valence-electron chi connectivity index (χ0n) is 13.5. The van der Waals surface area contributed by atoms with Gasteiger partial charge in [0.15, 0.2) is 0 Å². The molecular formula is C16H22N4O3. The van der Waals surface area contributed by atoms with Crippen molar-refractivity contribution in [3.63, 3.8) is 0 Å². The second-order valence-corrected chi connectivity index (χ2v) is 5.72. The van der Waals surface area contributed by atoms with Gasteiger partial charge in [-0.15, -0.1) is 0 Å². The van der Waals surface area contributed by atoms with E-state index in [2.05, 4.69) is 10.3 Å². The number of rotatable bonds is 2. The molecule has 1 aromatic rings. The summed E-state index contributed by atoms with van der Waals surface area (Å²) in [5, 5.41) is 3.48. The fourth-order valence-corrected chi connectivity index (χ4v) is 3.15. The van der Waals surface area contributed by atoms with E-state index >= 15 is 0 Å². The molecule has 0 saturated carbocycles. The molecule has 124 valence electrons. The van der Waals surface area contributed by atoms with E-state index in [1.54, 1.807) is 18.9 Å². The Morgan fingerprint density at radius 3 is 2.83 bits per heavy atom. The molecule has 2 heterocycles. The number of carbonyl (C=O) groups excluding carboxylic acids is 1. The number of piperidine rings is 1. The van der Waals surface area contributed by atoms with Gasteiger partial charge in [0.2, 0.25) is 0 Å². The second-order valence-electron chi connectivity index (χ2n) is 5.72. The van der Waals surface area contributed by atoms with Crippen LogP contribution in [0.1, 0.15) is 25.3 Å². The van der Waals surface area contributed by atoms with Crippen LogP contribution >= 0.6 is 0 Å². The first-order chi connectivity index (χ1) is 11.1. The number of hydrogen-bond donors (Lipinski definition) is 2. The van der Waals surface area contributed by atoms with E-state index in [0.717, 1.165) is 11.3 Å². The Morgan fingerprint density at radius 1 is 1.43 bits per heavy atom. The van der Waals surface area contributed by atoms with Gasteiger partial charge in [-0.3, -0.25) is 0 Å². The summed E-state index contributed by atoms with van der Waals surface area (Å²) in [6.45, 7) is 3.36. The molecule has 1 saturated heterocycles. The molecule has 0 aliphatic carbocycles. The minimum atomic E-state index is -0.466. The number of amidine groups is 1. The van der Waals surface area contributed by atoms with Crippen LogP contribution in [-0.2, 0) is 4.74 Å². The molecule has 7 nitrogen and oxygen atoms in total. The average molecular weight is 318 g/mol. The van der Waals surface area contributed by atoms with Gasteiger partial charge >= 0.3 is 6.09 Å². The van der Waals surface area contributed by atoms with Gasteiger partial charge in [-0.2, -0.15) is 0 Å². The topological polar surface area (TPSA) is 89.2 Å². The minimum Gasteiger partial charge on any atom is -0.496 e. The van der Waals surface area contributed by atoms with Crippen molar-refractivity contribution in [2.75, 3.05) is 32.1 Å². The number of benzene rings is 1. The largest absolute Gasteiger partial charge is 0.496 e. The lowest BCUT2D eigenvalue weighted by Crippen LogP contribution is -2.52. The van der Waals surface area contributed by atoms with Crippen molar-refractivity contribution in [3.8, 4) is 5.75 Å². The summed E-state index contributed by atoms with van der Waals surface area (Å²) in [5.74, 6) is 1.18. The minimum absolute atomic E-state index is 0.266. The van der Waals surface area contributed by atoms with Crippen molar-refractivity contribution >= 4 is 17.6 Å². The third-order valence-electron chi connectivity index (χ3n) is 4.32. The van der Waals surface area contributed by atoms with E-state index in [1.165, 1.54) is 0 Å². The van der Waals surface area contributed by atoms with Crippen LogP contribution in [0.15, 0.2) is 23.2 Å². The van der Waals surface area contributed by atoms with E-state index in [-0.39, 0.29) is 6.09 Å². The molecule has 23 heavy (non-hydrogen) atoms. The first kappa shape index (κ1) is 15.5. The Kier molecular flexibility index (Phi) is 4.02. The number of likely N-dealkylation sites (tertiary alicyclic amines) is 1. The van der Waals surface area contributed by atoms with Gasteiger partial charge in [-0.25, -0.2) is 9.79 Å². The summed E-state index contributed by atoms with van der Waals surface area (Å²) >= 11 is 0. The fourth-order valence-electron chi connectivity index (χ4n) is 3.15. The number of nitrogens with two attached hydrogens (primary N) is 1. The summed E-state index contributed by atoms with van der Waals surface area (Å²) < 4.78 is 10.4. The van der Waals surface area contributed by atoms with Crippen LogP contribution in [0.4, 0.5) is 10.5 Å². The first-order valence-electron chi connectivity index (χ1n) is 7.81. The molecule has 0 radical (unpaired) electrons. The zero-order chi connectivity index (χ0) is 16.4. The standard InChI is InChI=1S/C16H22N4O3/c1-3-23-15(21)20-9-7-16(8-10-20)18-11-5-4-6-12(22-2)13(11)14(17)19-16/h4-6,18H,3,7-10H2,1-2H3,(H2,17,19). The van der Waals surface area contributed by atoms with Crippen molar-refractivity contribution < 1.29 is 14.3 Å². The SMILES string of the molecule is CCOC(=O)N1CCC2(CC1)N=C(N)c1c(cccc1OC)N2. The van der Waals surface area contributed by atoms with Gasteiger partial charge in [0.1, 0.15) is 17.2 Å². The quantitative estimate of drug-likeness (QED) is 0.867. The van der Waals surface area contributed by atoms with E-state index in [4.69, 9.17) is 15.2 Å². The Morgan fingerprint density at radius 2 is 2.17 bits per heavy atom. The normalized spacial score (nSPS) is 18.7. The number of aliphatic imine (C=N–C) groups is 1. The van der Waals surface area contributed by atoms with Crippen LogP contribution < -0.4 is 15.8 Å². The summed E-state index contributed by atoms with van der Waals surface area (Å²) in [7, 11) is 1.62. The van der Waals surface area contributed by atoms with Gasteiger partial charge in [0.25, 0.3) is 0 Å². The number of ether oxygens (including phenoxy) is 2. The van der Waals surface area contributed by atoms with Crippen LogP contribution in [0.2, 0.25) is 0 Å². The maximum absolute atomic E-state index is 11.8. The van der Waals surface area contributed by atoms with Gasteiger partial charge in [-0.1, -0.05) is 6.07 Å². The predicted octanol–water partition coefficient (Wildman–Crippen LogP) is 1.77. The van der Waals surface area contributed by atoms with Crippen LogP contribution in [0.3, 0.4) is 0 Å². The highest BCUT2D eigenvalue weighted by Gasteiger charge is 2.39. The molecule has 0 aromatic heterocycles. The molecule has 3 rings (SSSR count). The molecule has 0 unspecified atom stereocenters. The number of methoxy groups -OCH3 is 1. The van der Waals surface area contributed by atoms with Gasteiger partial charge < -0.3 is 25.4 Å². The van der Waals surface area contributed by atoms with Crippen LogP contribution in [0.5, 0.6) is 5.75 Å². The van der Waals surface area contributed by atoms with Crippen molar-refractivity contribution in [2.24, 2.45) is 10.7 Å². The lowest BCUT2D eigenvalue weighted by molar-refractivity contribution is 0.0906. The van der Waals surface area contributed by atoms with E-state index in [0.29, 0.717) is 44.1 Å². The average Bonchev–Trinajstić information content (AvgIpc) is 2.55. The van der Waals surface area contributed by atoms with E-state index < -0.39 is 5.66 Å². The maximum atomic E-state index is 11.8. The number of anilines is 1. The first-order valence-corrected chi connectivity index (χ1v) is 7.81. The Balaban J connectivity index is 1.80. The molecule has 0 bridgehead atoms. The third kappa shape index (κ3) is 2.78. The lowest BCUT2D eigenvalue weighted by atomic mass is 9.93. The molecule has 1 amide bonds. The maximum Gasteiger partial charge on any atom is 0.409 e. The van der Waals surface area contributed by atoms with Crippen molar-refractivity contribution in [3.05, 3.63) is 23.8 Å². The van der Waals surface area contributed by atoms with Gasteiger partial charge in [0.05, 0.1) is 25.0 Å². The second kappa shape index (κ2) is 5.98. The fraction of sp³-hybridized carbons (Fsp3) is 0.500. The molecule has 2 aliphatic rings. The molecule has 1 aromatic carbocycles. The summed E-state index contributed by atoms with van der Waals surface area (Å²) in [5.41, 5.74) is 7.45. The van der Waals surface area contributed by atoms with Gasteiger partial charge in [0, 0.05) is 25.9 Å². The van der Waals surface area contributed by atoms with Crippen molar-refractivity contribution in [1.29, 1.82) is 0 Å². The number of amides is 1. The molecule has 7 heteroatoms. The van der Waals surface area contributed by atoms with E-state index in [9.17, 15) is 4.79 Å². The number of carbonyl (C=O) groups is 1. The summed E-state index contributed by atoms with van der Waals surface area (Å²) in [6.07, 6.45) is 1.10. The van der Waals surface area contributed by atoms with Crippen molar-refractivity contribution in [1.82, 2.24) is 4.90 Å². The monoisotopic (exact) mass is 318 g/mol. The highest BCUT2D eigenvalue weighted by Crippen LogP contribution is 2.37. The molecular weight excluding hydrogens is 296 g/mol. The smallest absolute Gasteiger partial charge is 0.409 e. The van der Waals surface area contributed by atoms with Crippen LogP contribution in [0, 0.1) is 0 Å². The molecule has 1 spiro atoms. The van der Waals surface area contributed by atoms with Crippen LogP contribution in [-0.4, -0.2) is 49.3 Å². The third-order valence-corrected chi connectivity index (χ3v) is 4.32. The number of hydrogen-bond acceptors (Lipinski definition) is 6. The Hall–Kier alpha value is -2.44. The molecule has 1 fully saturated rings. The highest BCUT2D eigenvalue weighted by atomic mass is 16.6. The molecule has 2 aliphatic heterocycles. The highest BCUT2D eigenvalue weighted by molar-refractivity contribution is 6.06. The molecule has 3 N–H and O–H groups in total. The van der Waals surface area contributed by atoms with Gasteiger partial charge in [-0.05, 0) is 19.1 Å². The number of fused-ring (bicyclic) bond motifs is 1.